The standard InChI is InChI=1S/C10H17FN2O3S/c11-8-6-13(7-8)10(14)12-5-9-3-1-2-4-17(9,15)16/h8-9H,1-7H2,(H,12,14). The van der Waals surface area contributed by atoms with Crippen molar-refractivity contribution in [2.75, 3.05) is 25.4 Å². The highest BCUT2D eigenvalue weighted by atomic mass is 32.2. The van der Waals surface area contributed by atoms with Gasteiger partial charge in [-0.3, -0.25) is 0 Å². The fourth-order valence-corrected chi connectivity index (χ4v) is 3.96. The maximum atomic E-state index is 12.5. The maximum Gasteiger partial charge on any atom is 0.317 e. The lowest BCUT2D eigenvalue weighted by Gasteiger charge is -2.34. The fourth-order valence-electron chi connectivity index (χ4n) is 2.15. The van der Waals surface area contributed by atoms with Crippen LogP contribution in [0, 0.1) is 0 Å². The molecule has 0 radical (unpaired) electrons. The second-order valence-electron chi connectivity index (χ2n) is 4.67. The third-order valence-corrected chi connectivity index (χ3v) is 5.59. The second kappa shape index (κ2) is 4.80. The molecule has 0 aromatic rings. The summed E-state index contributed by atoms with van der Waals surface area (Å²) in [6.45, 7) is 0.376. The Kier molecular flexibility index (Phi) is 3.56. The van der Waals surface area contributed by atoms with Gasteiger partial charge in [-0.15, -0.1) is 0 Å². The number of likely N-dealkylation sites (tertiary alicyclic amines) is 1. The molecule has 2 heterocycles. The van der Waals surface area contributed by atoms with E-state index in [4.69, 9.17) is 0 Å². The molecule has 0 saturated carbocycles. The van der Waals surface area contributed by atoms with Gasteiger partial charge >= 0.3 is 6.03 Å². The third-order valence-electron chi connectivity index (χ3n) is 3.32. The SMILES string of the molecule is O=C(NCC1CCCCS1(=O)=O)N1CC(F)C1. The van der Waals surface area contributed by atoms with Crippen molar-refractivity contribution < 1.29 is 17.6 Å². The molecular formula is C10H17FN2O3S. The van der Waals surface area contributed by atoms with Gasteiger partial charge < -0.3 is 10.2 Å². The van der Waals surface area contributed by atoms with Crippen molar-refractivity contribution in [3.63, 3.8) is 0 Å². The van der Waals surface area contributed by atoms with Gasteiger partial charge in [-0.05, 0) is 12.8 Å². The molecule has 1 atom stereocenters. The number of hydrogen-bond acceptors (Lipinski definition) is 3. The Labute approximate surface area is 100 Å². The topological polar surface area (TPSA) is 66.5 Å². The summed E-state index contributed by atoms with van der Waals surface area (Å²) in [7, 11) is -3.05. The quantitative estimate of drug-likeness (QED) is 0.781. The van der Waals surface area contributed by atoms with Crippen LogP contribution in [-0.4, -0.2) is 56.2 Å². The van der Waals surface area contributed by atoms with Gasteiger partial charge in [0.15, 0.2) is 9.84 Å². The van der Waals surface area contributed by atoms with E-state index >= 15 is 0 Å². The molecule has 5 nitrogen and oxygen atoms in total. The average molecular weight is 264 g/mol. The van der Waals surface area contributed by atoms with E-state index < -0.39 is 21.3 Å². The van der Waals surface area contributed by atoms with Crippen molar-refractivity contribution in [1.82, 2.24) is 10.2 Å². The van der Waals surface area contributed by atoms with E-state index in [9.17, 15) is 17.6 Å². The summed E-state index contributed by atoms with van der Waals surface area (Å²) in [4.78, 5) is 12.8. The van der Waals surface area contributed by atoms with Crippen molar-refractivity contribution >= 4 is 15.9 Å². The smallest absolute Gasteiger partial charge is 0.317 e. The number of nitrogens with zero attached hydrogens (tertiary/aromatic N) is 1. The van der Waals surface area contributed by atoms with Crippen LogP contribution in [0.2, 0.25) is 0 Å². The number of nitrogens with one attached hydrogen (secondary N) is 1. The molecule has 0 aromatic heterocycles. The number of amides is 2. The summed E-state index contributed by atoms with van der Waals surface area (Å²) in [5.41, 5.74) is 0. The molecule has 0 spiro atoms. The van der Waals surface area contributed by atoms with Gasteiger partial charge in [0.05, 0.1) is 24.1 Å². The molecule has 2 fully saturated rings. The lowest BCUT2D eigenvalue weighted by Crippen LogP contribution is -2.56. The average Bonchev–Trinajstić information content (AvgIpc) is 2.22. The highest BCUT2D eigenvalue weighted by Crippen LogP contribution is 2.19. The van der Waals surface area contributed by atoms with Gasteiger partial charge in [0.25, 0.3) is 0 Å². The molecule has 2 aliphatic rings. The van der Waals surface area contributed by atoms with Crippen LogP contribution in [0.1, 0.15) is 19.3 Å². The molecule has 2 amide bonds. The van der Waals surface area contributed by atoms with Crippen LogP contribution in [0.15, 0.2) is 0 Å². The van der Waals surface area contributed by atoms with Crippen LogP contribution in [0.3, 0.4) is 0 Å². The molecule has 2 aliphatic heterocycles. The van der Waals surface area contributed by atoms with E-state index in [0.717, 1.165) is 6.42 Å². The van der Waals surface area contributed by atoms with Crippen molar-refractivity contribution in [3.8, 4) is 0 Å². The minimum atomic E-state index is -3.05. The minimum absolute atomic E-state index is 0.114. The summed E-state index contributed by atoms with van der Waals surface area (Å²) >= 11 is 0. The molecule has 0 aromatic carbocycles. The van der Waals surface area contributed by atoms with Crippen LogP contribution >= 0.6 is 0 Å². The summed E-state index contributed by atoms with van der Waals surface area (Å²) in [6, 6.07) is -0.361. The zero-order valence-electron chi connectivity index (χ0n) is 9.56. The number of alkyl halides is 1. The van der Waals surface area contributed by atoms with Crippen molar-refractivity contribution in [2.24, 2.45) is 0 Å². The Bertz CT molecular complexity index is 392. The van der Waals surface area contributed by atoms with Gasteiger partial charge in [0.2, 0.25) is 0 Å². The number of urea groups is 1. The predicted molar refractivity (Wildman–Crippen MR) is 61.3 cm³/mol. The van der Waals surface area contributed by atoms with Gasteiger partial charge in [-0.2, -0.15) is 0 Å². The maximum absolute atomic E-state index is 12.5. The first kappa shape index (κ1) is 12.6. The Morgan fingerprint density at radius 3 is 2.65 bits per heavy atom. The van der Waals surface area contributed by atoms with Crippen LogP contribution in [0.25, 0.3) is 0 Å². The van der Waals surface area contributed by atoms with Crippen LogP contribution in [0.5, 0.6) is 0 Å². The Balaban J connectivity index is 1.79. The van der Waals surface area contributed by atoms with E-state index in [-0.39, 0.29) is 31.4 Å². The van der Waals surface area contributed by atoms with E-state index in [1.54, 1.807) is 0 Å². The molecule has 0 aliphatic carbocycles. The minimum Gasteiger partial charge on any atom is -0.337 e. The van der Waals surface area contributed by atoms with Crippen molar-refractivity contribution in [2.45, 2.75) is 30.7 Å². The highest BCUT2D eigenvalue weighted by Gasteiger charge is 2.32. The van der Waals surface area contributed by atoms with Crippen LogP contribution < -0.4 is 5.32 Å². The molecule has 2 rings (SSSR count). The summed E-state index contributed by atoms with van der Waals surface area (Å²) in [6.07, 6.45) is 1.27. The van der Waals surface area contributed by atoms with E-state index in [1.165, 1.54) is 4.90 Å². The van der Waals surface area contributed by atoms with Gasteiger partial charge in [-0.25, -0.2) is 17.6 Å². The number of halogens is 1. The normalized spacial score (nSPS) is 28.5. The molecule has 1 unspecified atom stereocenters. The lowest BCUT2D eigenvalue weighted by molar-refractivity contribution is 0.0899. The monoisotopic (exact) mass is 264 g/mol. The summed E-state index contributed by atoms with van der Waals surface area (Å²) < 4.78 is 35.9. The highest BCUT2D eigenvalue weighted by molar-refractivity contribution is 7.92. The molecule has 17 heavy (non-hydrogen) atoms. The first-order valence-electron chi connectivity index (χ1n) is 5.87. The lowest BCUT2D eigenvalue weighted by atomic mass is 10.2. The predicted octanol–water partition coefficient (Wildman–Crippen LogP) is 0.317. The first-order valence-corrected chi connectivity index (χ1v) is 7.59. The van der Waals surface area contributed by atoms with Gasteiger partial charge in [0.1, 0.15) is 6.17 Å². The fraction of sp³-hybridized carbons (Fsp3) is 0.900. The zero-order chi connectivity index (χ0) is 12.5. The van der Waals surface area contributed by atoms with Gasteiger partial charge in [-0.1, -0.05) is 6.42 Å². The largest absolute Gasteiger partial charge is 0.337 e. The van der Waals surface area contributed by atoms with Crippen LogP contribution in [-0.2, 0) is 9.84 Å². The summed E-state index contributed by atoms with van der Waals surface area (Å²) in [5.74, 6) is 0.212. The van der Waals surface area contributed by atoms with Crippen molar-refractivity contribution in [1.29, 1.82) is 0 Å². The number of hydrogen-bond donors (Lipinski definition) is 1. The Morgan fingerprint density at radius 2 is 2.06 bits per heavy atom. The van der Waals surface area contributed by atoms with Crippen molar-refractivity contribution in [3.05, 3.63) is 0 Å². The first-order chi connectivity index (χ1) is 7.99. The van der Waals surface area contributed by atoms with E-state index in [2.05, 4.69) is 5.32 Å². The molecular weight excluding hydrogens is 247 g/mol. The number of carbonyl (C=O) groups excluding carboxylic acids is 1. The zero-order valence-corrected chi connectivity index (χ0v) is 10.4. The van der Waals surface area contributed by atoms with Gasteiger partial charge in [0, 0.05) is 6.54 Å². The molecule has 7 heteroatoms. The van der Waals surface area contributed by atoms with E-state index in [0.29, 0.717) is 12.8 Å². The molecule has 0 bridgehead atoms. The molecule has 98 valence electrons. The molecule has 1 N–H and O–H groups in total. The van der Waals surface area contributed by atoms with Crippen LogP contribution in [0.4, 0.5) is 9.18 Å². The summed E-state index contributed by atoms with van der Waals surface area (Å²) in [5, 5.41) is 2.10. The number of sulfone groups is 1. The Morgan fingerprint density at radius 1 is 1.35 bits per heavy atom. The molecule has 2 saturated heterocycles. The number of rotatable bonds is 2. The second-order valence-corrected chi connectivity index (χ2v) is 7.07. The Hall–Kier alpha value is -0.850. The third kappa shape index (κ3) is 2.88. The number of carbonyl (C=O) groups is 1. The van der Waals surface area contributed by atoms with E-state index in [1.807, 2.05) is 0 Å².